The number of nitrogens with one attached hydrogen (secondary N) is 1. The summed E-state index contributed by atoms with van der Waals surface area (Å²) in [6, 6.07) is -0.134. The van der Waals surface area contributed by atoms with Gasteiger partial charge in [0.2, 0.25) is 0 Å². The summed E-state index contributed by atoms with van der Waals surface area (Å²) in [7, 11) is 0. The number of fused-ring (bicyclic) bond motifs is 1. The van der Waals surface area contributed by atoms with Crippen molar-refractivity contribution in [3.63, 3.8) is 0 Å². The summed E-state index contributed by atoms with van der Waals surface area (Å²) < 4.78 is 0. The van der Waals surface area contributed by atoms with Gasteiger partial charge in [0.1, 0.15) is 12.2 Å². The first-order valence-electron chi connectivity index (χ1n) is 3.95. The van der Waals surface area contributed by atoms with Crippen LogP contribution in [-0.2, 0) is 0 Å². The Hall–Kier alpha value is -1.78. The number of hydrogen-bond donors (Lipinski definition) is 1. The van der Waals surface area contributed by atoms with Crippen molar-refractivity contribution in [3.05, 3.63) is 12.7 Å². The molecular weight excluding hydrogens is 166 g/mol. The Morgan fingerprint density at radius 3 is 3.46 bits per heavy atom. The summed E-state index contributed by atoms with van der Waals surface area (Å²) in [4.78, 5) is 16.4. The fourth-order valence-corrected chi connectivity index (χ4v) is 1.13. The highest BCUT2D eigenvalue weighted by Crippen LogP contribution is 2.06. The Balaban J connectivity index is 2.23. The maximum Gasteiger partial charge on any atom is 0.168 e. The molecule has 0 aliphatic carbocycles. The smallest absolute Gasteiger partial charge is 0.168 e. The Labute approximate surface area is 75.7 Å². The largest absolute Gasteiger partial charge is 0.332 e. The molecule has 0 fully saturated rings. The van der Waals surface area contributed by atoms with Gasteiger partial charge >= 0.3 is 0 Å². The van der Waals surface area contributed by atoms with Crippen LogP contribution >= 0.6 is 0 Å². The van der Waals surface area contributed by atoms with Gasteiger partial charge in [-0.3, -0.25) is 9.98 Å². The molecule has 2 aliphatic heterocycles. The van der Waals surface area contributed by atoms with Crippen LogP contribution in [0, 0.1) is 0 Å². The van der Waals surface area contributed by atoms with Gasteiger partial charge in [-0.25, -0.2) is 9.98 Å². The van der Waals surface area contributed by atoms with Crippen molar-refractivity contribution in [2.24, 2.45) is 20.0 Å². The summed E-state index contributed by atoms with van der Waals surface area (Å²) in [6.07, 6.45) is 4.82. The Morgan fingerprint density at radius 2 is 2.62 bits per heavy atom. The van der Waals surface area contributed by atoms with E-state index in [1.165, 1.54) is 6.34 Å². The molecule has 0 bridgehead atoms. The quantitative estimate of drug-likeness (QED) is 0.590. The molecule has 5 heteroatoms. The zero-order chi connectivity index (χ0) is 9.10. The maximum absolute atomic E-state index is 4.21. The minimum Gasteiger partial charge on any atom is -0.332 e. The number of rotatable bonds is 2. The van der Waals surface area contributed by atoms with Gasteiger partial charge in [-0.1, -0.05) is 6.08 Å². The number of nitrogens with zero attached hydrogens (tertiary/aromatic N) is 4. The molecule has 0 aromatic heterocycles. The second-order valence-electron chi connectivity index (χ2n) is 2.57. The second-order valence-corrected chi connectivity index (χ2v) is 2.57. The Kier molecular flexibility index (Phi) is 1.99. The molecule has 2 rings (SSSR count). The molecule has 13 heavy (non-hydrogen) atoms. The van der Waals surface area contributed by atoms with Crippen LogP contribution in [0.2, 0.25) is 0 Å². The monoisotopic (exact) mass is 175 g/mol. The van der Waals surface area contributed by atoms with E-state index in [1.54, 1.807) is 12.4 Å². The summed E-state index contributed by atoms with van der Waals surface area (Å²) in [5, 5.41) is 2.91. The van der Waals surface area contributed by atoms with E-state index in [2.05, 4.69) is 31.9 Å². The maximum atomic E-state index is 4.21. The molecule has 66 valence electrons. The molecule has 0 aromatic rings. The van der Waals surface area contributed by atoms with E-state index in [4.69, 9.17) is 0 Å². The van der Waals surface area contributed by atoms with Gasteiger partial charge in [0, 0.05) is 0 Å². The lowest BCUT2D eigenvalue weighted by atomic mass is 10.2. The lowest BCUT2D eigenvalue weighted by molar-refractivity contribution is 1.05. The zero-order valence-electron chi connectivity index (χ0n) is 7.01. The second kappa shape index (κ2) is 3.30. The van der Waals surface area contributed by atoms with Crippen LogP contribution in [0.15, 0.2) is 32.6 Å². The summed E-state index contributed by atoms with van der Waals surface area (Å²) in [5.41, 5.74) is 0. The first kappa shape index (κ1) is 7.85. The van der Waals surface area contributed by atoms with Crippen LogP contribution in [0.5, 0.6) is 0 Å². The van der Waals surface area contributed by atoms with Crippen molar-refractivity contribution in [1.29, 1.82) is 0 Å². The minimum absolute atomic E-state index is 0.134. The third-order valence-corrected chi connectivity index (χ3v) is 1.71. The molecular formula is C8H9N5. The molecule has 0 radical (unpaired) electrons. The van der Waals surface area contributed by atoms with Crippen LogP contribution in [0.4, 0.5) is 0 Å². The van der Waals surface area contributed by atoms with Gasteiger partial charge in [0.05, 0.1) is 12.9 Å². The highest BCUT2D eigenvalue weighted by Gasteiger charge is 2.25. The fourth-order valence-electron chi connectivity index (χ4n) is 1.13. The SMILES string of the molecule is C=CCN=C1N=CNC2=NC=NC12. The number of hydrogen-bond acceptors (Lipinski definition) is 4. The van der Waals surface area contributed by atoms with Crippen LogP contribution in [-0.4, -0.2) is 36.9 Å². The first-order chi connectivity index (χ1) is 6.42. The fraction of sp³-hybridized carbons (Fsp3) is 0.250. The molecule has 0 aromatic carbocycles. The number of aliphatic imine (C=N–C) groups is 4. The van der Waals surface area contributed by atoms with Gasteiger partial charge in [-0.2, -0.15) is 0 Å². The first-order valence-corrected chi connectivity index (χ1v) is 3.95. The Morgan fingerprint density at radius 1 is 1.69 bits per heavy atom. The van der Waals surface area contributed by atoms with Crippen LogP contribution < -0.4 is 5.32 Å². The molecule has 2 heterocycles. The molecule has 0 saturated carbocycles. The van der Waals surface area contributed by atoms with Crippen LogP contribution in [0.25, 0.3) is 0 Å². The predicted octanol–water partition coefficient (Wildman–Crippen LogP) is 0.0114. The topological polar surface area (TPSA) is 61.5 Å². The van der Waals surface area contributed by atoms with Gasteiger partial charge < -0.3 is 5.32 Å². The molecule has 5 nitrogen and oxygen atoms in total. The van der Waals surface area contributed by atoms with Crippen molar-refractivity contribution in [1.82, 2.24) is 5.32 Å². The molecule has 2 aliphatic rings. The van der Waals surface area contributed by atoms with E-state index in [-0.39, 0.29) is 6.04 Å². The van der Waals surface area contributed by atoms with E-state index < -0.39 is 0 Å². The molecule has 0 spiro atoms. The zero-order valence-corrected chi connectivity index (χ0v) is 7.01. The molecule has 0 saturated heterocycles. The van der Waals surface area contributed by atoms with Crippen molar-refractivity contribution >= 4 is 24.3 Å². The van der Waals surface area contributed by atoms with Crippen molar-refractivity contribution in [2.75, 3.05) is 6.54 Å². The lowest BCUT2D eigenvalue weighted by Crippen LogP contribution is -2.40. The molecule has 1 atom stereocenters. The molecule has 1 unspecified atom stereocenters. The summed E-state index contributed by atoms with van der Waals surface area (Å²) in [6.45, 7) is 4.15. The average Bonchev–Trinajstić information content (AvgIpc) is 2.62. The lowest BCUT2D eigenvalue weighted by Gasteiger charge is -2.14. The van der Waals surface area contributed by atoms with E-state index >= 15 is 0 Å². The van der Waals surface area contributed by atoms with Crippen LogP contribution in [0.1, 0.15) is 0 Å². The van der Waals surface area contributed by atoms with Crippen molar-refractivity contribution in [2.45, 2.75) is 6.04 Å². The van der Waals surface area contributed by atoms with E-state index in [0.29, 0.717) is 12.4 Å². The van der Waals surface area contributed by atoms with Crippen molar-refractivity contribution < 1.29 is 0 Å². The standard InChI is InChI=1S/C8H9N5/c1-2-3-9-7-6-8(11-4-10-6)13-5-12-7/h2,4-6H,1,3H2,(H,9,10,11,12,13). The van der Waals surface area contributed by atoms with Crippen molar-refractivity contribution in [3.8, 4) is 0 Å². The minimum atomic E-state index is -0.134. The normalized spacial score (nSPS) is 26.9. The van der Waals surface area contributed by atoms with E-state index in [1.807, 2.05) is 0 Å². The highest BCUT2D eigenvalue weighted by atomic mass is 15.2. The van der Waals surface area contributed by atoms with Gasteiger partial charge in [0.15, 0.2) is 11.9 Å². The third-order valence-electron chi connectivity index (χ3n) is 1.71. The van der Waals surface area contributed by atoms with Gasteiger partial charge in [0.25, 0.3) is 0 Å². The molecule has 1 N–H and O–H groups in total. The van der Waals surface area contributed by atoms with Gasteiger partial charge in [-0.15, -0.1) is 6.58 Å². The summed E-state index contributed by atoms with van der Waals surface area (Å²) in [5.74, 6) is 1.48. The third kappa shape index (κ3) is 1.40. The van der Waals surface area contributed by atoms with E-state index in [9.17, 15) is 0 Å². The molecule has 0 amide bonds. The Bertz CT molecular complexity index is 336. The highest BCUT2D eigenvalue weighted by molar-refractivity contribution is 6.21. The van der Waals surface area contributed by atoms with Crippen LogP contribution in [0.3, 0.4) is 0 Å². The predicted molar refractivity (Wildman–Crippen MR) is 53.8 cm³/mol. The summed E-state index contributed by atoms with van der Waals surface area (Å²) >= 11 is 0. The van der Waals surface area contributed by atoms with E-state index in [0.717, 1.165) is 5.84 Å². The van der Waals surface area contributed by atoms with Gasteiger partial charge in [-0.05, 0) is 0 Å². The number of amidine groups is 2. The average molecular weight is 175 g/mol.